The van der Waals surface area contributed by atoms with E-state index < -0.39 is 7.26 Å². The first kappa shape index (κ1) is 20.8. The van der Waals surface area contributed by atoms with Crippen molar-refractivity contribution in [2.24, 2.45) is 0 Å². The summed E-state index contributed by atoms with van der Waals surface area (Å²) >= 11 is 0. The summed E-state index contributed by atoms with van der Waals surface area (Å²) in [7, 11) is -2.35. The van der Waals surface area contributed by atoms with Gasteiger partial charge in [-0.1, -0.05) is 84.9 Å². The van der Waals surface area contributed by atoms with E-state index in [1.54, 1.807) is 6.92 Å². The van der Waals surface area contributed by atoms with Gasteiger partial charge in [0.15, 0.2) is 12.7 Å². The van der Waals surface area contributed by atoms with Crippen molar-refractivity contribution in [2.45, 2.75) is 6.92 Å². The lowest BCUT2D eigenvalue weighted by Gasteiger charge is -2.29. The zero-order valence-corrected chi connectivity index (χ0v) is 18.4. The number of hydrogen-bond donors (Lipinski definition) is 1. The van der Waals surface area contributed by atoms with Gasteiger partial charge in [0.05, 0.1) is 0 Å². The highest BCUT2D eigenvalue weighted by molar-refractivity contribution is 7.99. The molecule has 0 atom stereocenters. The first-order chi connectivity index (χ1) is 15.2. The predicted molar refractivity (Wildman–Crippen MR) is 133 cm³/mol. The number of amides is 1. The molecule has 0 aliphatic heterocycles. The van der Waals surface area contributed by atoms with Crippen molar-refractivity contribution >= 4 is 35.2 Å². The molecule has 0 fully saturated rings. The van der Waals surface area contributed by atoms with Crippen LogP contribution in [-0.4, -0.2) is 5.91 Å². The molecule has 0 radical (unpaired) electrons. The predicted octanol–water partition coefficient (Wildman–Crippen LogP) is 5.12. The van der Waals surface area contributed by atoms with Gasteiger partial charge < -0.3 is 0 Å². The van der Waals surface area contributed by atoms with Gasteiger partial charge in [0.1, 0.15) is 15.9 Å². The Bertz CT molecular complexity index is 1060. The van der Waals surface area contributed by atoms with Gasteiger partial charge in [-0.05, 0) is 42.0 Å². The van der Waals surface area contributed by atoms with Crippen LogP contribution in [-0.2, 0) is 4.79 Å². The van der Waals surface area contributed by atoms with Crippen LogP contribution in [0.25, 0.3) is 6.08 Å². The fourth-order valence-electron chi connectivity index (χ4n) is 3.92. The van der Waals surface area contributed by atoms with Crippen molar-refractivity contribution in [2.75, 3.05) is 0 Å². The molecule has 0 bridgehead atoms. The summed E-state index contributed by atoms with van der Waals surface area (Å²) < 4.78 is 0. The first-order valence-electron chi connectivity index (χ1n) is 10.3. The lowest BCUT2D eigenvalue weighted by atomic mass is 10.2. The maximum atomic E-state index is 12.5. The zero-order valence-electron chi connectivity index (χ0n) is 17.5. The standard InChI is InChI=1S/C28H24NOP/c1-23(30)29-28(22-24-14-6-2-7-15-24)31(25-16-8-3-9-17-25,26-18-10-4-11-19-26)27-20-12-5-13-21-27/h2-22H,1H3/p+1/b28-22+. The van der Waals surface area contributed by atoms with Crippen LogP contribution in [0.2, 0.25) is 0 Å². The Morgan fingerprint density at radius 2 is 0.968 bits per heavy atom. The van der Waals surface area contributed by atoms with Crippen molar-refractivity contribution in [1.82, 2.24) is 5.32 Å². The average molecular weight is 422 g/mol. The van der Waals surface area contributed by atoms with Gasteiger partial charge >= 0.3 is 0 Å². The van der Waals surface area contributed by atoms with Crippen LogP contribution >= 0.6 is 7.26 Å². The summed E-state index contributed by atoms with van der Waals surface area (Å²) in [6.45, 7) is 1.58. The maximum Gasteiger partial charge on any atom is 0.223 e. The molecule has 4 rings (SSSR count). The van der Waals surface area contributed by atoms with Crippen molar-refractivity contribution in [3.8, 4) is 0 Å². The molecule has 0 unspecified atom stereocenters. The molecule has 0 aliphatic carbocycles. The van der Waals surface area contributed by atoms with Crippen molar-refractivity contribution < 1.29 is 4.79 Å². The van der Waals surface area contributed by atoms with Crippen LogP contribution in [0.1, 0.15) is 12.5 Å². The minimum atomic E-state index is -2.35. The van der Waals surface area contributed by atoms with E-state index in [9.17, 15) is 4.79 Å². The fourth-order valence-corrected chi connectivity index (χ4v) is 8.18. The Kier molecular flexibility index (Phi) is 6.40. The number of carbonyl (C=O) groups is 1. The summed E-state index contributed by atoms with van der Waals surface area (Å²) in [6, 6.07) is 41.8. The van der Waals surface area contributed by atoms with Crippen LogP contribution in [0, 0.1) is 0 Å². The van der Waals surface area contributed by atoms with Crippen molar-refractivity contribution in [1.29, 1.82) is 0 Å². The van der Waals surface area contributed by atoms with Crippen molar-refractivity contribution in [3.63, 3.8) is 0 Å². The summed E-state index contributed by atoms with van der Waals surface area (Å²) in [4.78, 5) is 12.5. The summed E-state index contributed by atoms with van der Waals surface area (Å²) in [6.07, 6.45) is 2.13. The Morgan fingerprint density at radius 3 is 1.32 bits per heavy atom. The van der Waals surface area contributed by atoms with Crippen LogP contribution in [0.15, 0.2) is 127 Å². The van der Waals surface area contributed by atoms with Gasteiger partial charge in [-0.25, -0.2) is 0 Å². The van der Waals surface area contributed by atoms with Gasteiger partial charge in [0.2, 0.25) is 5.91 Å². The molecule has 31 heavy (non-hydrogen) atoms. The third-order valence-corrected chi connectivity index (χ3v) is 9.38. The lowest BCUT2D eigenvalue weighted by Crippen LogP contribution is -2.37. The topological polar surface area (TPSA) is 29.1 Å². The molecule has 1 amide bonds. The molecule has 0 saturated carbocycles. The third-order valence-electron chi connectivity index (χ3n) is 5.20. The molecular formula is C28H25NOP+. The summed E-state index contributed by atoms with van der Waals surface area (Å²) in [5, 5.41) is 6.83. The molecular weight excluding hydrogens is 397 g/mol. The molecule has 0 aliphatic rings. The Balaban J connectivity index is 2.12. The normalized spacial score (nSPS) is 11.7. The second-order valence-corrected chi connectivity index (χ2v) is 10.7. The first-order valence-corrected chi connectivity index (χ1v) is 12.1. The van der Waals surface area contributed by atoms with E-state index in [0.717, 1.165) is 11.0 Å². The molecule has 0 aromatic heterocycles. The maximum absolute atomic E-state index is 12.5. The number of rotatable bonds is 6. The van der Waals surface area contributed by atoms with E-state index in [4.69, 9.17) is 0 Å². The SMILES string of the molecule is CC(=O)N/C(=C\c1ccccc1)[P+](c1ccccc1)(c1ccccc1)c1ccccc1. The van der Waals surface area contributed by atoms with Gasteiger partial charge in [0.25, 0.3) is 0 Å². The molecule has 0 heterocycles. The highest BCUT2D eigenvalue weighted by atomic mass is 31.2. The van der Waals surface area contributed by atoms with Crippen LogP contribution in [0.4, 0.5) is 0 Å². The molecule has 4 aromatic carbocycles. The second kappa shape index (κ2) is 9.55. The zero-order chi connectivity index (χ0) is 21.5. The molecule has 152 valence electrons. The molecule has 3 heteroatoms. The smallest absolute Gasteiger partial charge is 0.223 e. The van der Waals surface area contributed by atoms with E-state index in [-0.39, 0.29) is 5.91 Å². The highest BCUT2D eigenvalue weighted by Gasteiger charge is 2.50. The minimum absolute atomic E-state index is 0.0747. The molecule has 0 spiro atoms. The van der Waals surface area contributed by atoms with E-state index in [0.29, 0.717) is 0 Å². The fraction of sp³-hybridized carbons (Fsp3) is 0.0357. The average Bonchev–Trinajstić information content (AvgIpc) is 2.82. The Labute approximate surface area is 184 Å². The minimum Gasteiger partial charge on any atom is -0.296 e. The van der Waals surface area contributed by atoms with E-state index in [2.05, 4.69) is 96.3 Å². The Morgan fingerprint density at radius 1 is 0.613 bits per heavy atom. The summed E-state index contributed by atoms with van der Waals surface area (Å²) in [5.41, 5.74) is 1.98. The van der Waals surface area contributed by atoms with Gasteiger partial charge in [-0.2, -0.15) is 0 Å². The molecule has 2 nitrogen and oxygen atoms in total. The monoisotopic (exact) mass is 422 g/mol. The number of carbonyl (C=O) groups excluding carboxylic acids is 1. The largest absolute Gasteiger partial charge is 0.296 e. The quantitative estimate of drug-likeness (QED) is 0.430. The van der Waals surface area contributed by atoms with E-state index in [1.807, 2.05) is 36.4 Å². The van der Waals surface area contributed by atoms with E-state index >= 15 is 0 Å². The second-order valence-electron chi connectivity index (χ2n) is 7.30. The molecule has 1 N–H and O–H groups in total. The van der Waals surface area contributed by atoms with Gasteiger partial charge in [-0.3, -0.25) is 10.1 Å². The number of hydrogen-bond acceptors (Lipinski definition) is 1. The summed E-state index contributed by atoms with van der Waals surface area (Å²) in [5.74, 6) is -0.0747. The van der Waals surface area contributed by atoms with E-state index in [1.165, 1.54) is 15.9 Å². The Hall–Kier alpha value is -3.48. The van der Waals surface area contributed by atoms with Crippen LogP contribution in [0.5, 0.6) is 0 Å². The lowest BCUT2D eigenvalue weighted by molar-refractivity contribution is -0.118. The molecule has 0 saturated heterocycles. The third kappa shape index (κ3) is 4.35. The number of benzene rings is 4. The molecule has 4 aromatic rings. The number of nitrogens with one attached hydrogen (secondary N) is 1. The van der Waals surface area contributed by atoms with Crippen LogP contribution < -0.4 is 21.2 Å². The van der Waals surface area contributed by atoms with Gasteiger partial charge in [0, 0.05) is 13.0 Å². The highest BCUT2D eigenvalue weighted by Crippen LogP contribution is 2.61. The van der Waals surface area contributed by atoms with Crippen LogP contribution in [0.3, 0.4) is 0 Å². The van der Waals surface area contributed by atoms with Crippen molar-refractivity contribution in [3.05, 3.63) is 132 Å². The van der Waals surface area contributed by atoms with Gasteiger partial charge in [-0.15, -0.1) is 0 Å².